The van der Waals surface area contributed by atoms with Gasteiger partial charge in [-0.3, -0.25) is 49.2 Å². The molecule has 2 aliphatic carbocycles. The van der Waals surface area contributed by atoms with Gasteiger partial charge in [0.15, 0.2) is 6.29 Å². The third-order valence-electron chi connectivity index (χ3n) is 10.2. The van der Waals surface area contributed by atoms with Gasteiger partial charge in [0, 0.05) is 38.4 Å². The first-order valence-electron chi connectivity index (χ1n) is 22.2. The third-order valence-corrected chi connectivity index (χ3v) is 10.2. The summed E-state index contributed by atoms with van der Waals surface area (Å²) in [6.45, 7) is 13.9. The first-order valence-corrected chi connectivity index (χ1v) is 22.2. The molecule has 1 aromatic carbocycles. The van der Waals surface area contributed by atoms with Crippen LogP contribution >= 0.6 is 0 Å². The number of hydrogen-bond donors (Lipinski definition) is 4. The number of likely N-dealkylation sites (tertiary alicyclic amines) is 1. The summed E-state index contributed by atoms with van der Waals surface area (Å²) in [4.78, 5) is 84.0. The largest absolute Gasteiger partial charge is 0.347 e. The van der Waals surface area contributed by atoms with Gasteiger partial charge in [0.2, 0.25) is 23.5 Å². The molecule has 1 aliphatic heterocycles. The van der Waals surface area contributed by atoms with Crippen LogP contribution in [0, 0.1) is 11.3 Å². The van der Waals surface area contributed by atoms with Crippen LogP contribution in [0.5, 0.6) is 0 Å². The van der Waals surface area contributed by atoms with Crippen molar-refractivity contribution in [2.24, 2.45) is 11.3 Å². The number of aldehydes is 1. The maximum Gasteiger partial charge on any atom is 0.307 e. The molecule has 14 heteroatoms. The molecule has 1 saturated heterocycles. The molecule has 0 radical (unpaired) electrons. The molecule has 5 rings (SSSR count). The van der Waals surface area contributed by atoms with Crippen LogP contribution in [-0.2, 0) is 24.0 Å². The number of carbonyl (C=O) groups is 6. The highest BCUT2D eigenvalue weighted by Crippen LogP contribution is 2.41. The molecule has 60 heavy (non-hydrogen) atoms. The Balaban J connectivity index is 0.000000731. The summed E-state index contributed by atoms with van der Waals surface area (Å²) in [5, 5.41) is 9.88. The maximum absolute atomic E-state index is 14.1. The van der Waals surface area contributed by atoms with Crippen molar-refractivity contribution < 1.29 is 28.8 Å². The Morgan fingerprint density at radius 2 is 1.48 bits per heavy atom. The minimum atomic E-state index is -0.850. The summed E-state index contributed by atoms with van der Waals surface area (Å²) in [5.74, 6) is -2.46. The van der Waals surface area contributed by atoms with E-state index in [1.165, 1.54) is 75.0 Å². The zero-order chi connectivity index (χ0) is 44.9. The zero-order valence-electron chi connectivity index (χ0n) is 38.1. The summed E-state index contributed by atoms with van der Waals surface area (Å²) >= 11 is 0. The molecule has 14 nitrogen and oxygen atoms in total. The summed E-state index contributed by atoms with van der Waals surface area (Å²) < 4.78 is 0. The van der Waals surface area contributed by atoms with E-state index in [0.29, 0.717) is 30.6 Å². The third kappa shape index (κ3) is 19.6. The maximum atomic E-state index is 14.1. The number of ketones is 1. The van der Waals surface area contributed by atoms with E-state index < -0.39 is 41.6 Å². The molecular formula is C46H76N8O6. The standard InChI is InChI=1S/C29H44N6O5.C7H14.C5H4N2O.C3H8.C2H6/c1-29(2,3)25(32-24(37)15-16-30-4)28(40)35-21-14-10-9-11-19(21)17-22(35)26(38)31-18-23(36)27(39)33-34(5)20-12-7-6-8-13-20;1-2-4-6-7-5-3-1;8-4-5-3-6-1-2-7-5;1-3-2;1-2/h6-8,12-13,19,21-22,25,30H,9-11,14-18H2,1-5H3,(H,31,38)(H,32,37)(H,33,39);1-7H2;1-4H;3H2,1-2H3;1-2H3. The smallest absolute Gasteiger partial charge is 0.307 e. The average molecular weight is 837 g/mol. The number of nitrogens with zero attached hydrogens (tertiary/aromatic N) is 4. The molecule has 336 valence electrons. The Kier molecular flexibility index (Phi) is 26.9. The van der Waals surface area contributed by atoms with Crippen molar-refractivity contribution in [2.45, 2.75) is 156 Å². The summed E-state index contributed by atoms with van der Waals surface area (Å²) in [6.07, 6.45) is 21.2. The molecule has 4 unspecified atom stereocenters. The van der Waals surface area contributed by atoms with Gasteiger partial charge in [0.05, 0.1) is 18.4 Å². The van der Waals surface area contributed by atoms with Gasteiger partial charge in [-0.15, -0.1) is 0 Å². The van der Waals surface area contributed by atoms with Crippen LogP contribution in [0.1, 0.15) is 149 Å². The van der Waals surface area contributed by atoms with E-state index in [0.717, 1.165) is 25.7 Å². The number of aromatic nitrogens is 2. The Labute approximate surface area is 360 Å². The second-order valence-corrected chi connectivity index (χ2v) is 16.2. The van der Waals surface area contributed by atoms with Gasteiger partial charge in [-0.05, 0) is 49.8 Å². The van der Waals surface area contributed by atoms with Crippen LogP contribution in [0.4, 0.5) is 5.69 Å². The van der Waals surface area contributed by atoms with Crippen molar-refractivity contribution in [3.63, 3.8) is 0 Å². The Hall–Kier alpha value is -4.72. The van der Waals surface area contributed by atoms with Crippen molar-refractivity contribution in [1.82, 2.24) is 36.2 Å². The van der Waals surface area contributed by atoms with Crippen molar-refractivity contribution in [1.29, 1.82) is 0 Å². The van der Waals surface area contributed by atoms with E-state index in [-0.39, 0.29) is 30.2 Å². The fourth-order valence-electron chi connectivity index (χ4n) is 7.19. The number of rotatable bonds is 12. The molecule has 2 aromatic rings. The van der Waals surface area contributed by atoms with E-state index in [1.54, 1.807) is 31.1 Å². The molecule has 3 fully saturated rings. The monoisotopic (exact) mass is 837 g/mol. The number of anilines is 1. The Morgan fingerprint density at radius 3 is 1.98 bits per heavy atom. The number of fused-ring (bicyclic) bond motifs is 1. The number of nitrogens with one attached hydrogen (secondary N) is 4. The molecule has 0 spiro atoms. The summed E-state index contributed by atoms with van der Waals surface area (Å²) in [5.41, 5.74) is 2.99. The highest BCUT2D eigenvalue weighted by molar-refractivity contribution is 6.37. The lowest BCUT2D eigenvalue weighted by molar-refractivity contribution is -0.146. The topological polar surface area (TPSA) is 183 Å². The number of Topliss-reactive ketones (excluding diaryl/α,β-unsaturated/α-hetero) is 1. The predicted octanol–water partition coefficient (Wildman–Crippen LogP) is 6.60. The fourth-order valence-corrected chi connectivity index (χ4v) is 7.19. The summed E-state index contributed by atoms with van der Waals surface area (Å²) in [7, 11) is 3.37. The quantitative estimate of drug-likeness (QED) is 0.0787. The highest BCUT2D eigenvalue weighted by atomic mass is 16.2. The SMILES string of the molecule is C1CCCCCC1.CC.CCC.CNCCC(=O)NC(C(=O)N1C(C(=O)NCC(=O)C(=O)NN(C)c2ccccc2)CC2CCCCC21)C(C)(C)C.O=Cc1cnccn1. The molecule has 2 heterocycles. The highest BCUT2D eigenvalue weighted by Gasteiger charge is 2.50. The molecule has 2 saturated carbocycles. The van der Waals surface area contributed by atoms with E-state index in [2.05, 4.69) is 45.2 Å². The number of carbonyl (C=O) groups excluding carboxylic acids is 6. The molecule has 4 atom stereocenters. The molecule has 1 aromatic heterocycles. The molecule has 0 bridgehead atoms. The van der Waals surface area contributed by atoms with Crippen LogP contribution in [0.15, 0.2) is 48.9 Å². The predicted molar refractivity (Wildman–Crippen MR) is 239 cm³/mol. The van der Waals surface area contributed by atoms with Gasteiger partial charge >= 0.3 is 5.91 Å². The van der Waals surface area contributed by atoms with Gasteiger partial charge in [0.25, 0.3) is 0 Å². The van der Waals surface area contributed by atoms with Crippen molar-refractivity contribution in [3.05, 3.63) is 54.6 Å². The van der Waals surface area contributed by atoms with Gasteiger partial charge < -0.3 is 20.9 Å². The van der Waals surface area contributed by atoms with Gasteiger partial charge in [-0.1, -0.05) is 131 Å². The first-order chi connectivity index (χ1) is 28.8. The van der Waals surface area contributed by atoms with Crippen molar-refractivity contribution in [3.8, 4) is 0 Å². The lowest BCUT2D eigenvalue weighted by Gasteiger charge is -2.39. The van der Waals surface area contributed by atoms with Crippen LogP contribution in [0.3, 0.4) is 0 Å². The molecule has 4 N–H and O–H groups in total. The lowest BCUT2D eigenvalue weighted by Crippen LogP contribution is -2.60. The minimum Gasteiger partial charge on any atom is -0.347 e. The molecule has 3 aliphatic rings. The molecule has 4 amide bonds. The Morgan fingerprint density at radius 1 is 0.900 bits per heavy atom. The van der Waals surface area contributed by atoms with Gasteiger partial charge in [-0.2, -0.15) is 0 Å². The minimum absolute atomic E-state index is 0.102. The summed E-state index contributed by atoms with van der Waals surface area (Å²) in [6, 6.07) is 7.34. The normalized spacial score (nSPS) is 18.4. The van der Waals surface area contributed by atoms with Crippen molar-refractivity contribution >= 4 is 41.4 Å². The van der Waals surface area contributed by atoms with Gasteiger partial charge in [-0.25, -0.2) is 0 Å². The number of amides is 4. The van der Waals surface area contributed by atoms with Crippen molar-refractivity contribution in [2.75, 3.05) is 32.2 Å². The lowest BCUT2D eigenvalue weighted by atomic mass is 9.83. The van der Waals surface area contributed by atoms with E-state index in [4.69, 9.17) is 0 Å². The van der Waals surface area contributed by atoms with E-state index >= 15 is 0 Å². The second kappa shape index (κ2) is 30.3. The number of para-hydroxylation sites is 1. The van der Waals surface area contributed by atoms with Crippen LogP contribution in [-0.4, -0.2) is 95.9 Å². The first kappa shape index (κ1) is 53.3. The second-order valence-electron chi connectivity index (χ2n) is 16.2. The van der Waals surface area contributed by atoms with Crippen LogP contribution in [0.25, 0.3) is 0 Å². The van der Waals surface area contributed by atoms with Crippen LogP contribution < -0.4 is 26.4 Å². The number of hydrazine groups is 1. The molecular weight excluding hydrogens is 761 g/mol. The van der Waals surface area contributed by atoms with E-state index in [9.17, 15) is 28.8 Å². The fraction of sp³-hybridized carbons (Fsp3) is 0.652. The van der Waals surface area contributed by atoms with Gasteiger partial charge in [0.1, 0.15) is 17.8 Å². The number of hydrogen-bond acceptors (Lipinski definition) is 10. The zero-order valence-corrected chi connectivity index (χ0v) is 38.1. The average Bonchev–Trinajstić information content (AvgIpc) is 3.39. The number of benzene rings is 1. The van der Waals surface area contributed by atoms with E-state index in [1.807, 2.05) is 52.8 Å². The Bertz CT molecular complexity index is 1520. The van der Waals surface area contributed by atoms with Crippen LogP contribution in [0.2, 0.25) is 0 Å².